The zero-order chi connectivity index (χ0) is 18.8. The van der Waals surface area contributed by atoms with Crippen molar-refractivity contribution in [2.45, 2.75) is 19.8 Å². The van der Waals surface area contributed by atoms with Crippen LogP contribution in [0.25, 0.3) is 10.9 Å². The molecule has 3 aromatic rings. The van der Waals surface area contributed by atoms with Crippen LogP contribution in [0.15, 0.2) is 60.8 Å². The number of benzene rings is 2. The van der Waals surface area contributed by atoms with Gasteiger partial charge in [0.1, 0.15) is 0 Å². The molecule has 0 bridgehead atoms. The van der Waals surface area contributed by atoms with Crippen molar-refractivity contribution in [2.75, 3.05) is 16.8 Å². The second-order valence-electron chi connectivity index (χ2n) is 6.79. The molecule has 0 radical (unpaired) electrons. The number of aromatic nitrogens is 1. The summed E-state index contributed by atoms with van der Waals surface area (Å²) >= 11 is 0. The van der Waals surface area contributed by atoms with Gasteiger partial charge in [-0.25, -0.2) is 0 Å². The normalized spacial score (nSPS) is 16.7. The summed E-state index contributed by atoms with van der Waals surface area (Å²) in [6, 6.07) is 17.4. The fourth-order valence-corrected chi connectivity index (χ4v) is 3.49. The molecular formula is C22H21N3O2. The van der Waals surface area contributed by atoms with E-state index >= 15 is 0 Å². The first-order valence-corrected chi connectivity index (χ1v) is 9.19. The van der Waals surface area contributed by atoms with E-state index in [-0.39, 0.29) is 24.2 Å². The molecule has 2 amide bonds. The van der Waals surface area contributed by atoms with Crippen LogP contribution in [0, 0.1) is 5.92 Å². The van der Waals surface area contributed by atoms with Gasteiger partial charge in [0.15, 0.2) is 0 Å². The van der Waals surface area contributed by atoms with E-state index in [1.165, 1.54) is 5.56 Å². The molecule has 1 fully saturated rings. The Morgan fingerprint density at radius 1 is 1.15 bits per heavy atom. The second kappa shape index (κ2) is 7.19. The molecule has 27 heavy (non-hydrogen) atoms. The highest BCUT2D eigenvalue weighted by Gasteiger charge is 2.35. The Kier molecular flexibility index (Phi) is 4.59. The lowest BCUT2D eigenvalue weighted by Gasteiger charge is -2.17. The molecular weight excluding hydrogens is 338 g/mol. The van der Waals surface area contributed by atoms with Crippen LogP contribution < -0.4 is 10.2 Å². The fourth-order valence-electron chi connectivity index (χ4n) is 3.49. The maximum absolute atomic E-state index is 12.8. The number of hydrogen-bond donors (Lipinski definition) is 1. The minimum atomic E-state index is -0.365. The number of carbonyl (C=O) groups is 2. The summed E-state index contributed by atoms with van der Waals surface area (Å²) in [6.45, 7) is 2.50. The van der Waals surface area contributed by atoms with E-state index in [0.29, 0.717) is 6.54 Å². The largest absolute Gasteiger partial charge is 0.325 e. The van der Waals surface area contributed by atoms with E-state index in [4.69, 9.17) is 0 Å². The van der Waals surface area contributed by atoms with E-state index in [2.05, 4.69) is 17.2 Å². The molecule has 1 aromatic heterocycles. The number of pyridine rings is 1. The second-order valence-corrected chi connectivity index (χ2v) is 6.79. The molecule has 2 aromatic carbocycles. The van der Waals surface area contributed by atoms with Gasteiger partial charge >= 0.3 is 0 Å². The highest BCUT2D eigenvalue weighted by atomic mass is 16.2. The van der Waals surface area contributed by atoms with Crippen LogP contribution in [0.4, 0.5) is 11.4 Å². The van der Waals surface area contributed by atoms with Crippen LogP contribution >= 0.6 is 0 Å². The number of nitrogens with zero attached hydrogens (tertiary/aromatic N) is 2. The molecule has 0 spiro atoms. The number of rotatable bonds is 4. The fraction of sp³-hybridized carbons (Fsp3) is 0.227. The van der Waals surface area contributed by atoms with Gasteiger partial charge in [-0.15, -0.1) is 0 Å². The Hall–Kier alpha value is -3.21. The molecule has 5 nitrogen and oxygen atoms in total. The Bertz CT molecular complexity index is 993. The number of nitrogens with one attached hydrogen (secondary N) is 1. The first-order valence-electron chi connectivity index (χ1n) is 9.19. The van der Waals surface area contributed by atoms with Gasteiger partial charge in [0.2, 0.25) is 11.8 Å². The standard InChI is InChI=1S/C22H21N3O2/c1-2-15-8-10-17(11-9-15)25-14-16(13-21(25)26)22(27)24-20-7-3-6-19-18(20)5-4-12-23-19/h3-12,16H,2,13-14H2,1H3,(H,24,27)/t16-/m1/s1. The molecule has 1 aliphatic heterocycles. The van der Waals surface area contributed by atoms with E-state index < -0.39 is 0 Å². The van der Waals surface area contributed by atoms with Gasteiger partial charge in [-0.3, -0.25) is 14.6 Å². The van der Waals surface area contributed by atoms with Crippen molar-refractivity contribution >= 4 is 34.1 Å². The SMILES string of the molecule is CCc1ccc(N2C[C@H](C(=O)Nc3cccc4ncccc34)CC2=O)cc1. The van der Waals surface area contributed by atoms with Gasteiger partial charge in [-0.1, -0.05) is 25.1 Å². The number of amides is 2. The molecule has 4 rings (SSSR count). The molecule has 0 unspecified atom stereocenters. The van der Waals surface area contributed by atoms with Crippen LogP contribution in [0.2, 0.25) is 0 Å². The van der Waals surface area contributed by atoms with Gasteiger partial charge < -0.3 is 10.2 Å². The Morgan fingerprint density at radius 2 is 1.96 bits per heavy atom. The first-order chi connectivity index (χ1) is 13.2. The summed E-state index contributed by atoms with van der Waals surface area (Å²) in [5.74, 6) is -0.512. The number of aryl methyl sites for hydroxylation is 1. The minimum absolute atomic E-state index is 0.0148. The van der Waals surface area contributed by atoms with E-state index in [1.807, 2.05) is 54.6 Å². The molecule has 0 saturated carbocycles. The first kappa shape index (κ1) is 17.2. The zero-order valence-corrected chi connectivity index (χ0v) is 15.2. The van der Waals surface area contributed by atoms with Crippen LogP contribution in [0.5, 0.6) is 0 Å². The van der Waals surface area contributed by atoms with E-state index in [1.54, 1.807) is 11.1 Å². The predicted molar refractivity (Wildman–Crippen MR) is 107 cm³/mol. The molecule has 1 saturated heterocycles. The van der Waals surface area contributed by atoms with Crippen molar-refractivity contribution < 1.29 is 9.59 Å². The van der Waals surface area contributed by atoms with Gasteiger partial charge in [0.25, 0.3) is 0 Å². The molecule has 1 atom stereocenters. The topological polar surface area (TPSA) is 62.3 Å². The zero-order valence-electron chi connectivity index (χ0n) is 15.2. The Labute approximate surface area is 158 Å². The molecule has 1 N–H and O–H groups in total. The van der Waals surface area contributed by atoms with Crippen molar-refractivity contribution in [1.82, 2.24) is 4.98 Å². The van der Waals surface area contributed by atoms with Gasteiger partial charge in [-0.05, 0) is 48.4 Å². The van der Waals surface area contributed by atoms with Crippen LogP contribution in [0.3, 0.4) is 0 Å². The van der Waals surface area contributed by atoms with Crippen LogP contribution in [-0.2, 0) is 16.0 Å². The minimum Gasteiger partial charge on any atom is -0.325 e. The summed E-state index contributed by atoms with van der Waals surface area (Å²) < 4.78 is 0. The summed E-state index contributed by atoms with van der Waals surface area (Å²) in [7, 11) is 0. The molecule has 1 aliphatic rings. The Morgan fingerprint density at radius 3 is 2.74 bits per heavy atom. The number of anilines is 2. The predicted octanol–water partition coefficient (Wildman–Crippen LogP) is 3.79. The molecule has 5 heteroatoms. The number of carbonyl (C=O) groups excluding carboxylic acids is 2. The highest BCUT2D eigenvalue weighted by Crippen LogP contribution is 2.28. The van der Waals surface area contributed by atoms with E-state index in [0.717, 1.165) is 28.7 Å². The van der Waals surface area contributed by atoms with Crippen molar-refractivity contribution in [2.24, 2.45) is 5.92 Å². The van der Waals surface area contributed by atoms with Crippen molar-refractivity contribution in [3.8, 4) is 0 Å². The van der Waals surface area contributed by atoms with Crippen molar-refractivity contribution in [1.29, 1.82) is 0 Å². The number of fused-ring (bicyclic) bond motifs is 1. The maximum atomic E-state index is 12.8. The smallest absolute Gasteiger partial charge is 0.229 e. The van der Waals surface area contributed by atoms with E-state index in [9.17, 15) is 9.59 Å². The lowest BCUT2D eigenvalue weighted by Crippen LogP contribution is -2.28. The van der Waals surface area contributed by atoms with Gasteiger partial charge in [0.05, 0.1) is 17.1 Å². The monoisotopic (exact) mass is 359 g/mol. The van der Waals surface area contributed by atoms with Crippen LogP contribution in [0.1, 0.15) is 18.9 Å². The summed E-state index contributed by atoms with van der Waals surface area (Å²) in [6.07, 6.45) is 2.91. The number of hydrogen-bond acceptors (Lipinski definition) is 3. The molecule has 0 aliphatic carbocycles. The summed E-state index contributed by atoms with van der Waals surface area (Å²) in [5.41, 5.74) is 3.63. The third-order valence-corrected chi connectivity index (χ3v) is 5.06. The lowest BCUT2D eigenvalue weighted by molar-refractivity contribution is -0.122. The third kappa shape index (κ3) is 3.40. The summed E-state index contributed by atoms with van der Waals surface area (Å²) in [4.78, 5) is 31.2. The van der Waals surface area contributed by atoms with Gasteiger partial charge in [-0.2, -0.15) is 0 Å². The van der Waals surface area contributed by atoms with Crippen molar-refractivity contribution in [3.05, 3.63) is 66.4 Å². The average molecular weight is 359 g/mol. The molecule has 2 heterocycles. The average Bonchev–Trinajstić information content (AvgIpc) is 3.10. The highest BCUT2D eigenvalue weighted by molar-refractivity contribution is 6.06. The Balaban J connectivity index is 1.50. The maximum Gasteiger partial charge on any atom is 0.229 e. The third-order valence-electron chi connectivity index (χ3n) is 5.06. The summed E-state index contributed by atoms with van der Waals surface area (Å²) in [5, 5.41) is 3.87. The van der Waals surface area contributed by atoms with Crippen LogP contribution in [-0.4, -0.2) is 23.3 Å². The van der Waals surface area contributed by atoms with Gasteiger partial charge in [0, 0.05) is 30.2 Å². The molecule has 136 valence electrons. The lowest BCUT2D eigenvalue weighted by atomic mass is 10.1. The quantitative estimate of drug-likeness (QED) is 0.771. The van der Waals surface area contributed by atoms with Crippen molar-refractivity contribution in [3.63, 3.8) is 0 Å².